The minimum atomic E-state index is 0. The fourth-order valence-corrected chi connectivity index (χ4v) is 2.80. The summed E-state index contributed by atoms with van der Waals surface area (Å²) in [6.45, 7) is 3.63. The molecule has 1 saturated heterocycles. The van der Waals surface area contributed by atoms with E-state index in [0.717, 1.165) is 0 Å². The predicted molar refractivity (Wildman–Crippen MR) is 83.9 cm³/mol. The summed E-state index contributed by atoms with van der Waals surface area (Å²) in [5, 5.41) is 0. The van der Waals surface area contributed by atoms with Crippen LogP contribution in [0, 0.1) is 0 Å². The second kappa shape index (κ2) is 10.1. The summed E-state index contributed by atoms with van der Waals surface area (Å²) in [7, 11) is 0. The largest absolute Gasteiger partial charge is 0.328 e. The van der Waals surface area contributed by atoms with Crippen LogP contribution in [0.2, 0.25) is 0 Å². The maximum atomic E-state index is 5.93. The molecule has 2 nitrogen and oxygen atoms in total. The molecular weight excluding hydrogens is 267 g/mol. The highest BCUT2D eigenvalue weighted by atomic mass is 35.5. The number of piperidine rings is 1. The molecule has 1 aliphatic heterocycles. The zero-order valence-electron chi connectivity index (χ0n) is 11.3. The van der Waals surface area contributed by atoms with Gasteiger partial charge in [-0.3, -0.25) is 4.90 Å². The van der Waals surface area contributed by atoms with Crippen LogP contribution in [0.3, 0.4) is 0 Å². The molecule has 0 unspecified atom stereocenters. The van der Waals surface area contributed by atoms with Gasteiger partial charge in [0, 0.05) is 12.6 Å². The average molecular weight is 295 g/mol. The zero-order valence-corrected chi connectivity index (χ0v) is 12.9. The van der Waals surface area contributed by atoms with Gasteiger partial charge in [-0.1, -0.05) is 24.5 Å². The molecular formula is C14H28Cl2N2. The van der Waals surface area contributed by atoms with Crippen molar-refractivity contribution < 1.29 is 0 Å². The Balaban J connectivity index is 0.00000144. The summed E-state index contributed by atoms with van der Waals surface area (Å²) in [6, 6.07) is 0.461. The van der Waals surface area contributed by atoms with Crippen LogP contribution in [0.25, 0.3) is 0 Å². The molecule has 2 N–H and O–H groups in total. The molecule has 0 aromatic rings. The van der Waals surface area contributed by atoms with Crippen molar-refractivity contribution in [1.82, 2.24) is 4.90 Å². The van der Waals surface area contributed by atoms with Gasteiger partial charge in [0.15, 0.2) is 0 Å². The van der Waals surface area contributed by atoms with Gasteiger partial charge in [0.05, 0.1) is 0 Å². The molecule has 0 radical (unpaired) electrons. The minimum absolute atomic E-state index is 0. The molecule has 0 bridgehead atoms. The first-order valence-corrected chi connectivity index (χ1v) is 7.00. The van der Waals surface area contributed by atoms with Gasteiger partial charge in [0.1, 0.15) is 0 Å². The van der Waals surface area contributed by atoms with Crippen LogP contribution >= 0.6 is 24.8 Å². The highest BCUT2D eigenvalue weighted by molar-refractivity contribution is 5.85. The van der Waals surface area contributed by atoms with E-state index in [1.165, 1.54) is 71.0 Å². The zero-order chi connectivity index (χ0) is 11.2. The van der Waals surface area contributed by atoms with Crippen molar-refractivity contribution in [2.24, 2.45) is 5.73 Å². The lowest BCUT2D eigenvalue weighted by Gasteiger charge is -2.31. The first-order chi connectivity index (χ1) is 7.84. The lowest BCUT2D eigenvalue weighted by molar-refractivity contribution is 0.227. The molecule has 18 heavy (non-hydrogen) atoms. The highest BCUT2D eigenvalue weighted by Gasteiger charge is 2.16. The van der Waals surface area contributed by atoms with Crippen LogP contribution in [0.4, 0.5) is 0 Å². The Labute approximate surface area is 124 Å². The van der Waals surface area contributed by atoms with E-state index in [1.807, 2.05) is 0 Å². The van der Waals surface area contributed by atoms with Gasteiger partial charge < -0.3 is 5.73 Å². The van der Waals surface area contributed by atoms with Crippen LogP contribution in [0.1, 0.15) is 51.4 Å². The molecule has 0 amide bonds. The van der Waals surface area contributed by atoms with E-state index >= 15 is 0 Å². The van der Waals surface area contributed by atoms with E-state index in [9.17, 15) is 0 Å². The fraction of sp³-hybridized carbons (Fsp3) is 0.857. The Kier molecular flexibility index (Phi) is 10.2. The van der Waals surface area contributed by atoms with E-state index < -0.39 is 0 Å². The van der Waals surface area contributed by atoms with Crippen molar-refractivity contribution in [1.29, 1.82) is 0 Å². The Bertz CT molecular complexity index is 236. The fourth-order valence-electron chi connectivity index (χ4n) is 2.80. The summed E-state index contributed by atoms with van der Waals surface area (Å²) in [5.74, 6) is 0. The van der Waals surface area contributed by atoms with Crippen molar-refractivity contribution in [3.05, 3.63) is 11.6 Å². The van der Waals surface area contributed by atoms with E-state index in [2.05, 4.69) is 11.0 Å². The SMILES string of the molecule is Cl.Cl.NC1CCN(C/C2=C/CCCCCC2)CC1. The molecule has 4 heteroatoms. The van der Waals surface area contributed by atoms with Crippen LogP contribution in [0.5, 0.6) is 0 Å². The van der Waals surface area contributed by atoms with E-state index in [1.54, 1.807) is 5.57 Å². The van der Waals surface area contributed by atoms with Gasteiger partial charge in [-0.05, 0) is 51.6 Å². The van der Waals surface area contributed by atoms with E-state index in [-0.39, 0.29) is 24.8 Å². The number of halogens is 2. The van der Waals surface area contributed by atoms with Crippen molar-refractivity contribution in [2.45, 2.75) is 57.4 Å². The second-order valence-corrected chi connectivity index (χ2v) is 5.43. The van der Waals surface area contributed by atoms with E-state index in [4.69, 9.17) is 5.73 Å². The quantitative estimate of drug-likeness (QED) is 0.790. The molecule has 0 aromatic carbocycles. The number of nitrogens with two attached hydrogens (primary N) is 1. The maximum absolute atomic E-state index is 5.93. The van der Waals surface area contributed by atoms with Gasteiger partial charge in [-0.15, -0.1) is 24.8 Å². The third kappa shape index (κ3) is 6.42. The summed E-state index contributed by atoms with van der Waals surface area (Å²) < 4.78 is 0. The molecule has 0 saturated carbocycles. The summed E-state index contributed by atoms with van der Waals surface area (Å²) in [5.41, 5.74) is 7.62. The molecule has 0 aromatic heterocycles. The normalized spacial score (nSPS) is 25.9. The number of nitrogens with zero attached hydrogens (tertiary/aromatic N) is 1. The molecule has 1 heterocycles. The summed E-state index contributed by atoms with van der Waals surface area (Å²) in [6.07, 6.45) is 13.2. The number of hydrogen-bond acceptors (Lipinski definition) is 2. The lowest BCUT2D eigenvalue weighted by atomic mass is 9.98. The first-order valence-electron chi connectivity index (χ1n) is 7.00. The Morgan fingerprint density at radius 2 is 1.72 bits per heavy atom. The average Bonchev–Trinajstić information content (AvgIpc) is 2.25. The third-order valence-corrected chi connectivity index (χ3v) is 3.94. The first kappa shape index (κ1) is 18.2. The number of likely N-dealkylation sites (tertiary alicyclic amines) is 1. The van der Waals surface area contributed by atoms with Gasteiger partial charge in [0.2, 0.25) is 0 Å². The predicted octanol–water partition coefficient (Wildman–Crippen LogP) is 3.53. The van der Waals surface area contributed by atoms with Crippen molar-refractivity contribution in [2.75, 3.05) is 19.6 Å². The Hall–Kier alpha value is 0.240. The smallest absolute Gasteiger partial charge is 0.0192 e. The minimum Gasteiger partial charge on any atom is -0.328 e. The molecule has 0 atom stereocenters. The molecule has 1 fully saturated rings. The Morgan fingerprint density at radius 3 is 2.44 bits per heavy atom. The van der Waals surface area contributed by atoms with Gasteiger partial charge in [-0.2, -0.15) is 0 Å². The van der Waals surface area contributed by atoms with Gasteiger partial charge in [-0.25, -0.2) is 0 Å². The van der Waals surface area contributed by atoms with Gasteiger partial charge >= 0.3 is 0 Å². The van der Waals surface area contributed by atoms with Crippen molar-refractivity contribution in [3.8, 4) is 0 Å². The van der Waals surface area contributed by atoms with Crippen LogP contribution in [0.15, 0.2) is 11.6 Å². The lowest BCUT2D eigenvalue weighted by Crippen LogP contribution is -2.40. The molecule has 2 rings (SSSR count). The maximum Gasteiger partial charge on any atom is 0.0192 e. The highest BCUT2D eigenvalue weighted by Crippen LogP contribution is 2.19. The van der Waals surface area contributed by atoms with E-state index in [0.29, 0.717) is 6.04 Å². The summed E-state index contributed by atoms with van der Waals surface area (Å²) >= 11 is 0. The molecule has 1 aliphatic carbocycles. The number of rotatable bonds is 2. The van der Waals surface area contributed by atoms with Crippen LogP contribution < -0.4 is 5.73 Å². The number of hydrogen-bond donors (Lipinski definition) is 1. The Morgan fingerprint density at radius 1 is 1.06 bits per heavy atom. The van der Waals surface area contributed by atoms with Crippen LogP contribution in [-0.4, -0.2) is 30.6 Å². The van der Waals surface area contributed by atoms with Crippen LogP contribution in [-0.2, 0) is 0 Å². The number of allylic oxidation sites excluding steroid dienone is 1. The van der Waals surface area contributed by atoms with Crippen molar-refractivity contribution in [3.63, 3.8) is 0 Å². The second-order valence-electron chi connectivity index (χ2n) is 5.43. The monoisotopic (exact) mass is 294 g/mol. The molecule has 0 spiro atoms. The van der Waals surface area contributed by atoms with Gasteiger partial charge in [0.25, 0.3) is 0 Å². The molecule has 2 aliphatic rings. The molecule has 108 valence electrons. The topological polar surface area (TPSA) is 29.3 Å². The summed E-state index contributed by atoms with van der Waals surface area (Å²) in [4.78, 5) is 2.59. The third-order valence-electron chi connectivity index (χ3n) is 3.94. The van der Waals surface area contributed by atoms with Crippen molar-refractivity contribution >= 4 is 24.8 Å². The standard InChI is InChI=1S/C14H26N2.2ClH/c15-14-8-10-16(11-9-14)12-13-6-4-2-1-3-5-7-13;;/h6,14H,1-5,7-12,15H2;2*1H/b13-6+;;.